The van der Waals surface area contributed by atoms with Crippen LogP contribution in [0, 0.1) is 0 Å². The van der Waals surface area contributed by atoms with E-state index in [-0.39, 0.29) is 51.2 Å². The van der Waals surface area contributed by atoms with Crippen LogP contribution in [0.1, 0.15) is 0 Å². The van der Waals surface area contributed by atoms with Crippen molar-refractivity contribution < 1.29 is 17.5 Å². The van der Waals surface area contributed by atoms with E-state index in [0.29, 0.717) is 0 Å². The molecule has 0 aliphatic rings. The average molecular weight is 168 g/mol. The third kappa shape index (κ3) is 103. The Bertz CT molecular complexity index is 92.9. The second kappa shape index (κ2) is 5.61. The molecule has 0 bridgehead atoms. The van der Waals surface area contributed by atoms with Crippen molar-refractivity contribution in [1.29, 1.82) is 0 Å². The predicted molar refractivity (Wildman–Crippen MR) is 23.8 cm³/mol. The second-order valence-corrected chi connectivity index (χ2v) is 1.22. The second-order valence-electron chi connectivity index (χ2n) is 0.408. The first kappa shape index (κ1) is 15.8. The van der Waals surface area contributed by atoms with Gasteiger partial charge in [0.05, 0.1) is 0 Å². The normalized spacial score (nSPS) is 8.29. The Balaban J connectivity index is -0.0000000800. The van der Waals surface area contributed by atoms with Crippen molar-refractivity contribution in [3.05, 3.63) is 0 Å². The summed E-state index contributed by atoms with van der Waals surface area (Å²) in [5, 5.41) is 0. The molecule has 0 fully saturated rings. The average Bonchev–Trinajstić information content (AvgIpc) is 0.722. The van der Waals surface area contributed by atoms with Gasteiger partial charge in [-0.3, -0.25) is 8.42 Å². The fourth-order valence-corrected chi connectivity index (χ4v) is 0. The summed E-state index contributed by atoms with van der Waals surface area (Å²) in [7, 11) is -5.17. The van der Waals surface area contributed by atoms with Crippen LogP contribution in [0.5, 0.6) is 0 Å². The van der Waals surface area contributed by atoms with E-state index in [2.05, 4.69) is 0 Å². The van der Waals surface area contributed by atoms with Crippen molar-refractivity contribution in [2.24, 2.45) is 0 Å². The van der Waals surface area contributed by atoms with Crippen molar-refractivity contribution in [3.8, 4) is 0 Å². The van der Waals surface area contributed by atoms with E-state index in [1.54, 1.807) is 0 Å². The van der Waals surface area contributed by atoms with Gasteiger partial charge in [-0.15, -0.1) is 0 Å². The molecule has 0 aliphatic heterocycles. The molecule has 0 aromatic heterocycles. The molecule has 0 aromatic rings. The quantitative estimate of drug-likeness (QED) is 0.262. The number of hydrogen-bond acceptors (Lipinski definition) is 4. The van der Waals surface area contributed by atoms with Gasteiger partial charge in [-0.25, -0.2) is 0 Å². The van der Waals surface area contributed by atoms with Crippen LogP contribution in [0.25, 0.3) is 0 Å². The SMILES string of the molecule is O=S(=O)([O-])[O-].[Ca+2].[S]. The smallest absolute Gasteiger partial charge is 0.759 e. The summed E-state index contributed by atoms with van der Waals surface area (Å²) >= 11 is 0. The minimum Gasteiger partial charge on any atom is -0.759 e. The van der Waals surface area contributed by atoms with Crippen LogP contribution < -0.4 is 0 Å². The molecule has 38 valence electrons. The fourth-order valence-electron chi connectivity index (χ4n) is 0. The molecule has 0 N–H and O–H groups in total. The molecule has 0 spiro atoms. The summed E-state index contributed by atoms with van der Waals surface area (Å²) in [4.78, 5) is 0. The zero-order valence-corrected chi connectivity index (χ0v) is 7.00. The van der Waals surface area contributed by atoms with Crippen LogP contribution >= 0.6 is 13.5 Å². The van der Waals surface area contributed by atoms with Gasteiger partial charge < -0.3 is 9.11 Å². The minimum absolute atomic E-state index is 0. The van der Waals surface area contributed by atoms with Crippen LogP contribution in [0.15, 0.2) is 0 Å². The molecule has 0 rings (SSSR count). The van der Waals surface area contributed by atoms with Crippen LogP contribution in [-0.2, 0) is 10.4 Å². The van der Waals surface area contributed by atoms with Gasteiger partial charge >= 0.3 is 37.7 Å². The van der Waals surface area contributed by atoms with Gasteiger partial charge in [-0.05, 0) is 0 Å². The maximum absolute atomic E-state index is 8.52. The molecule has 0 unspecified atom stereocenters. The molecule has 0 saturated carbocycles. The van der Waals surface area contributed by atoms with Crippen molar-refractivity contribution in [2.45, 2.75) is 0 Å². The molecule has 7 heavy (non-hydrogen) atoms. The Labute approximate surface area is 78.3 Å². The van der Waals surface area contributed by atoms with E-state index in [0.717, 1.165) is 0 Å². The van der Waals surface area contributed by atoms with Gasteiger partial charge in [-0.1, -0.05) is 0 Å². The van der Waals surface area contributed by atoms with E-state index in [1.807, 2.05) is 0 Å². The summed E-state index contributed by atoms with van der Waals surface area (Å²) < 4.78 is 34.1. The van der Waals surface area contributed by atoms with E-state index in [1.165, 1.54) is 0 Å². The molecule has 0 heterocycles. The van der Waals surface area contributed by atoms with Crippen molar-refractivity contribution in [1.82, 2.24) is 0 Å². The Morgan fingerprint density at radius 2 is 1.14 bits per heavy atom. The Morgan fingerprint density at radius 3 is 1.14 bits per heavy atom. The fraction of sp³-hybridized carbons (Fsp3) is 0. The van der Waals surface area contributed by atoms with Gasteiger partial charge in [0.2, 0.25) is 0 Å². The first-order valence-corrected chi connectivity index (χ1v) is 2.00. The molecule has 0 aliphatic carbocycles. The number of hydrogen-bond donors (Lipinski definition) is 0. The summed E-state index contributed by atoms with van der Waals surface area (Å²) in [6, 6.07) is 0. The van der Waals surface area contributed by atoms with Crippen molar-refractivity contribution in [2.75, 3.05) is 0 Å². The standard InChI is InChI=1S/Ca.H2O4S.S/c;1-5(2,3)4;/h;(H2,1,2,3,4);/q+2;;/p-2. The predicted octanol–water partition coefficient (Wildman–Crippen LogP) is -1.07. The van der Waals surface area contributed by atoms with E-state index in [4.69, 9.17) is 17.5 Å². The number of rotatable bonds is 0. The summed E-state index contributed by atoms with van der Waals surface area (Å²) in [5.41, 5.74) is 0. The molecular weight excluding hydrogens is 168 g/mol. The topological polar surface area (TPSA) is 80.3 Å². The Morgan fingerprint density at radius 1 is 1.14 bits per heavy atom. The maximum atomic E-state index is 8.52. The molecule has 4 nitrogen and oxygen atoms in total. The summed E-state index contributed by atoms with van der Waals surface area (Å²) in [6.45, 7) is 0. The van der Waals surface area contributed by atoms with Gasteiger partial charge in [0.1, 0.15) is 0 Å². The third-order valence-corrected chi connectivity index (χ3v) is 0. The van der Waals surface area contributed by atoms with E-state index >= 15 is 0 Å². The molecular formula is CaO4S2. The Kier molecular flexibility index (Phi) is 12.7. The Hall–Kier alpha value is 1.48. The zero-order valence-electron chi connectivity index (χ0n) is 3.16. The minimum atomic E-state index is -5.17. The molecule has 7 heteroatoms. The first-order valence-electron chi connectivity index (χ1n) is 0.667. The zero-order chi connectivity index (χ0) is 4.50. The summed E-state index contributed by atoms with van der Waals surface area (Å²) in [6.07, 6.45) is 0. The molecule has 0 atom stereocenters. The van der Waals surface area contributed by atoms with Gasteiger partial charge in [0.25, 0.3) is 0 Å². The van der Waals surface area contributed by atoms with Gasteiger partial charge in [0.15, 0.2) is 0 Å². The van der Waals surface area contributed by atoms with Crippen molar-refractivity contribution >= 4 is 61.6 Å². The van der Waals surface area contributed by atoms with Crippen molar-refractivity contribution in [3.63, 3.8) is 0 Å². The maximum Gasteiger partial charge on any atom is 2.00 e. The van der Waals surface area contributed by atoms with Gasteiger partial charge in [0, 0.05) is 23.9 Å². The van der Waals surface area contributed by atoms with Crippen LogP contribution in [0.2, 0.25) is 0 Å². The van der Waals surface area contributed by atoms with E-state index < -0.39 is 10.4 Å². The van der Waals surface area contributed by atoms with Crippen LogP contribution in [-0.4, -0.2) is 55.3 Å². The third-order valence-electron chi connectivity index (χ3n) is 0. The molecule has 2 radical (unpaired) electrons. The summed E-state index contributed by atoms with van der Waals surface area (Å²) in [5.74, 6) is 0. The first-order chi connectivity index (χ1) is 2.00. The monoisotopic (exact) mass is 168 g/mol. The van der Waals surface area contributed by atoms with E-state index in [9.17, 15) is 0 Å². The van der Waals surface area contributed by atoms with Crippen LogP contribution in [0.4, 0.5) is 0 Å². The van der Waals surface area contributed by atoms with Crippen LogP contribution in [0.3, 0.4) is 0 Å². The largest absolute Gasteiger partial charge is 2.00 e. The molecule has 0 amide bonds. The molecule has 0 aromatic carbocycles. The van der Waals surface area contributed by atoms with Gasteiger partial charge in [-0.2, -0.15) is 0 Å². The molecule has 0 saturated heterocycles.